The standard InChI is InChI=1S/C22H22N4O6/c27-13-15(10-20(29)30)24-19(28)12-26-18-9-5-4-8-16(18)23-11-17(22(26)32)25-21(31)14-6-2-1-3-7-14/h1-9,13,15,17,23H,10-12H2,(H,24,28)(H,25,31)(H,29,30)/t15-,17-/m0/s1. The maximum atomic E-state index is 13.3. The number of nitrogens with zero attached hydrogens (tertiary/aromatic N) is 1. The number of para-hydroxylation sites is 2. The molecule has 0 aliphatic carbocycles. The molecule has 2 aromatic rings. The summed E-state index contributed by atoms with van der Waals surface area (Å²) in [5.74, 6) is -2.92. The summed E-state index contributed by atoms with van der Waals surface area (Å²) in [7, 11) is 0. The summed E-state index contributed by atoms with van der Waals surface area (Å²) in [6.07, 6.45) is -0.244. The normalized spacial score (nSPS) is 16.1. The van der Waals surface area contributed by atoms with Crippen LogP contribution in [0.4, 0.5) is 11.4 Å². The number of hydrogen-bond donors (Lipinski definition) is 4. The van der Waals surface area contributed by atoms with E-state index in [-0.39, 0.29) is 6.54 Å². The first-order chi connectivity index (χ1) is 15.4. The van der Waals surface area contributed by atoms with Gasteiger partial charge in [-0.2, -0.15) is 0 Å². The summed E-state index contributed by atoms with van der Waals surface area (Å²) < 4.78 is 0. The average Bonchev–Trinajstić information content (AvgIpc) is 2.91. The van der Waals surface area contributed by atoms with Crippen LogP contribution in [0.1, 0.15) is 16.8 Å². The van der Waals surface area contributed by atoms with Gasteiger partial charge in [0.2, 0.25) is 5.91 Å². The lowest BCUT2D eigenvalue weighted by molar-refractivity contribution is -0.138. The number of amides is 3. The highest BCUT2D eigenvalue weighted by Gasteiger charge is 2.33. The summed E-state index contributed by atoms with van der Waals surface area (Å²) in [6, 6.07) is 13.0. The first kappa shape index (κ1) is 22.5. The molecule has 0 fully saturated rings. The smallest absolute Gasteiger partial charge is 0.305 e. The molecule has 0 spiro atoms. The minimum Gasteiger partial charge on any atom is -0.481 e. The van der Waals surface area contributed by atoms with Gasteiger partial charge in [-0.05, 0) is 24.3 Å². The molecule has 0 saturated carbocycles. The number of rotatable bonds is 8. The molecule has 1 aliphatic rings. The number of carbonyl (C=O) groups is 5. The second kappa shape index (κ2) is 10.2. The van der Waals surface area contributed by atoms with Crippen LogP contribution in [-0.4, -0.2) is 60.3 Å². The molecule has 0 unspecified atom stereocenters. The summed E-state index contributed by atoms with van der Waals surface area (Å²) >= 11 is 0. The lowest BCUT2D eigenvalue weighted by atomic mass is 10.1. The van der Waals surface area contributed by atoms with E-state index in [1.807, 2.05) is 0 Å². The molecule has 3 amide bonds. The SMILES string of the molecule is O=C[C@H](CC(=O)O)NC(=O)CN1C(=O)[C@@H](NC(=O)c2ccccc2)CNc2ccccc21. The molecule has 0 aromatic heterocycles. The van der Waals surface area contributed by atoms with Crippen molar-refractivity contribution in [3.05, 3.63) is 60.2 Å². The first-order valence-electron chi connectivity index (χ1n) is 9.85. The Labute approximate surface area is 183 Å². The van der Waals surface area contributed by atoms with Crippen molar-refractivity contribution in [1.82, 2.24) is 10.6 Å². The second-order valence-corrected chi connectivity index (χ2v) is 7.12. The fraction of sp³-hybridized carbons (Fsp3) is 0.227. The minimum absolute atomic E-state index is 0.0997. The van der Waals surface area contributed by atoms with Gasteiger partial charge in [0, 0.05) is 12.1 Å². The Bertz CT molecular complexity index is 1030. The number of aliphatic carboxylic acids is 1. The Morgan fingerprint density at radius 2 is 1.81 bits per heavy atom. The number of carboxylic acid groups (broad SMARTS) is 1. The van der Waals surface area contributed by atoms with Crippen molar-refractivity contribution >= 4 is 41.4 Å². The predicted molar refractivity (Wildman–Crippen MR) is 115 cm³/mol. The quantitative estimate of drug-likeness (QED) is 0.437. The maximum Gasteiger partial charge on any atom is 0.305 e. The molecule has 0 bridgehead atoms. The maximum absolute atomic E-state index is 13.3. The molecule has 2 aromatic carbocycles. The van der Waals surface area contributed by atoms with Crippen molar-refractivity contribution in [2.75, 3.05) is 23.3 Å². The van der Waals surface area contributed by atoms with Gasteiger partial charge in [0.25, 0.3) is 11.8 Å². The Kier molecular flexibility index (Phi) is 7.17. The van der Waals surface area contributed by atoms with Crippen LogP contribution < -0.4 is 20.9 Å². The first-order valence-corrected chi connectivity index (χ1v) is 9.85. The zero-order valence-electron chi connectivity index (χ0n) is 17.0. The molecule has 32 heavy (non-hydrogen) atoms. The van der Waals surface area contributed by atoms with Crippen LogP contribution in [0.5, 0.6) is 0 Å². The Balaban J connectivity index is 1.80. The number of benzene rings is 2. The molecular weight excluding hydrogens is 416 g/mol. The van der Waals surface area contributed by atoms with Gasteiger partial charge in [0.05, 0.1) is 23.8 Å². The average molecular weight is 438 g/mol. The van der Waals surface area contributed by atoms with Gasteiger partial charge in [-0.1, -0.05) is 30.3 Å². The molecule has 1 heterocycles. The van der Waals surface area contributed by atoms with Crippen molar-refractivity contribution in [2.45, 2.75) is 18.5 Å². The third-order valence-electron chi connectivity index (χ3n) is 4.80. The number of carbonyl (C=O) groups excluding carboxylic acids is 4. The van der Waals surface area contributed by atoms with E-state index < -0.39 is 48.7 Å². The van der Waals surface area contributed by atoms with E-state index in [1.165, 1.54) is 4.90 Å². The summed E-state index contributed by atoms with van der Waals surface area (Å²) in [5.41, 5.74) is 1.39. The van der Waals surface area contributed by atoms with Gasteiger partial charge in [-0.25, -0.2) is 0 Å². The number of nitrogens with one attached hydrogen (secondary N) is 3. The van der Waals surface area contributed by atoms with Crippen LogP contribution in [-0.2, 0) is 19.2 Å². The van der Waals surface area contributed by atoms with Gasteiger partial charge in [0.15, 0.2) is 0 Å². The highest BCUT2D eigenvalue weighted by atomic mass is 16.4. The molecule has 0 saturated heterocycles. The van der Waals surface area contributed by atoms with Crippen molar-refractivity contribution in [3.63, 3.8) is 0 Å². The van der Waals surface area contributed by atoms with Gasteiger partial charge in [-0.15, -0.1) is 0 Å². The topological polar surface area (TPSA) is 145 Å². The monoisotopic (exact) mass is 438 g/mol. The molecule has 1 aliphatic heterocycles. The number of hydrogen-bond acceptors (Lipinski definition) is 6. The summed E-state index contributed by atoms with van der Waals surface area (Å²) in [4.78, 5) is 61.5. The fourth-order valence-electron chi connectivity index (χ4n) is 3.29. The number of carboxylic acids is 1. The van der Waals surface area contributed by atoms with E-state index in [0.717, 1.165) is 0 Å². The van der Waals surface area contributed by atoms with E-state index in [2.05, 4.69) is 16.0 Å². The summed E-state index contributed by atoms with van der Waals surface area (Å²) in [6.45, 7) is -0.359. The van der Waals surface area contributed by atoms with E-state index in [1.54, 1.807) is 54.6 Å². The minimum atomic E-state index is -1.24. The lowest BCUT2D eigenvalue weighted by Gasteiger charge is -2.25. The van der Waals surface area contributed by atoms with Crippen molar-refractivity contribution in [1.29, 1.82) is 0 Å². The predicted octanol–water partition coefficient (Wildman–Crippen LogP) is 0.402. The third-order valence-corrected chi connectivity index (χ3v) is 4.80. The molecule has 4 N–H and O–H groups in total. The van der Waals surface area contributed by atoms with E-state index in [9.17, 15) is 24.0 Å². The van der Waals surface area contributed by atoms with Gasteiger partial charge in [-0.3, -0.25) is 24.1 Å². The molecule has 10 nitrogen and oxygen atoms in total. The van der Waals surface area contributed by atoms with Crippen molar-refractivity contribution in [3.8, 4) is 0 Å². The summed E-state index contributed by atoms with van der Waals surface area (Å²) in [5, 5.41) is 16.9. The number of fused-ring (bicyclic) bond motifs is 1. The van der Waals surface area contributed by atoms with Crippen LogP contribution in [0.15, 0.2) is 54.6 Å². The molecular formula is C22H22N4O6. The van der Waals surface area contributed by atoms with Crippen LogP contribution in [0.3, 0.4) is 0 Å². The highest BCUT2D eigenvalue weighted by Crippen LogP contribution is 2.28. The molecule has 0 radical (unpaired) electrons. The number of aldehydes is 1. The largest absolute Gasteiger partial charge is 0.481 e. The third kappa shape index (κ3) is 5.48. The molecule has 10 heteroatoms. The van der Waals surface area contributed by atoms with Gasteiger partial charge in [0.1, 0.15) is 18.9 Å². The fourth-order valence-corrected chi connectivity index (χ4v) is 3.29. The Hall–Kier alpha value is -4.21. The van der Waals surface area contributed by atoms with Crippen LogP contribution >= 0.6 is 0 Å². The van der Waals surface area contributed by atoms with Crippen LogP contribution in [0.2, 0.25) is 0 Å². The second-order valence-electron chi connectivity index (χ2n) is 7.12. The lowest BCUT2D eigenvalue weighted by Crippen LogP contribution is -2.53. The van der Waals surface area contributed by atoms with E-state index in [4.69, 9.17) is 5.11 Å². The van der Waals surface area contributed by atoms with E-state index in [0.29, 0.717) is 23.2 Å². The van der Waals surface area contributed by atoms with Crippen LogP contribution in [0, 0.1) is 0 Å². The zero-order valence-corrected chi connectivity index (χ0v) is 17.0. The van der Waals surface area contributed by atoms with Gasteiger partial charge < -0.3 is 25.9 Å². The Morgan fingerprint density at radius 3 is 2.50 bits per heavy atom. The number of anilines is 2. The molecule has 3 rings (SSSR count). The van der Waals surface area contributed by atoms with Crippen molar-refractivity contribution < 1.29 is 29.1 Å². The van der Waals surface area contributed by atoms with Crippen LogP contribution in [0.25, 0.3) is 0 Å². The molecule has 2 atom stereocenters. The van der Waals surface area contributed by atoms with Crippen molar-refractivity contribution in [2.24, 2.45) is 0 Å². The van der Waals surface area contributed by atoms with E-state index >= 15 is 0 Å². The Morgan fingerprint density at radius 1 is 1.12 bits per heavy atom. The van der Waals surface area contributed by atoms with Gasteiger partial charge >= 0.3 is 5.97 Å². The molecule has 166 valence electrons. The zero-order chi connectivity index (χ0) is 23.1. The highest BCUT2D eigenvalue weighted by molar-refractivity contribution is 6.07.